The second-order valence-corrected chi connectivity index (χ2v) is 5.51. The summed E-state index contributed by atoms with van der Waals surface area (Å²) in [5.41, 5.74) is 0.242. The smallest absolute Gasteiger partial charge is 0.191 e. The highest BCUT2D eigenvalue weighted by molar-refractivity contribution is 14.0. The minimum Gasteiger partial charge on any atom is -0.383 e. The van der Waals surface area contributed by atoms with Crippen LogP contribution in [0.15, 0.2) is 23.2 Å². The summed E-state index contributed by atoms with van der Waals surface area (Å²) < 4.78 is 31.8. The lowest BCUT2D eigenvalue weighted by Crippen LogP contribution is -2.38. The number of halogens is 3. The van der Waals surface area contributed by atoms with E-state index in [1.165, 1.54) is 6.07 Å². The molecule has 8 heteroatoms. The number of nitrogens with one attached hydrogen (secondary N) is 2. The number of likely N-dealkylation sites (N-methyl/N-ethyl adjacent to an activating group) is 1. The number of hydrogen-bond acceptors (Lipinski definition) is 3. The average molecular weight is 470 g/mol. The van der Waals surface area contributed by atoms with Crippen molar-refractivity contribution < 1.29 is 13.5 Å². The zero-order chi connectivity index (χ0) is 17.8. The van der Waals surface area contributed by atoms with Crippen molar-refractivity contribution in [3.8, 4) is 0 Å². The number of methoxy groups -OCH3 is 1. The van der Waals surface area contributed by atoms with Crippen LogP contribution in [-0.4, -0.2) is 57.8 Å². The fraction of sp³-hybridized carbons (Fsp3) is 0.588. The predicted octanol–water partition coefficient (Wildman–Crippen LogP) is 2.61. The second-order valence-electron chi connectivity index (χ2n) is 5.51. The molecule has 0 spiro atoms. The van der Waals surface area contributed by atoms with Crippen LogP contribution < -0.4 is 10.6 Å². The van der Waals surface area contributed by atoms with Crippen LogP contribution in [0.3, 0.4) is 0 Å². The molecule has 0 aromatic heterocycles. The minimum absolute atomic E-state index is 0. The zero-order valence-corrected chi connectivity index (χ0v) is 17.5. The summed E-state index contributed by atoms with van der Waals surface area (Å²) >= 11 is 0. The molecular weight excluding hydrogens is 441 g/mol. The van der Waals surface area contributed by atoms with E-state index in [1.54, 1.807) is 7.11 Å². The Hall–Kier alpha value is -1.00. The first kappa shape index (κ1) is 24.0. The summed E-state index contributed by atoms with van der Waals surface area (Å²) in [6.45, 7) is 6.04. The Bertz CT molecular complexity index is 517. The molecule has 0 fully saturated rings. The Morgan fingerprint density at radius 1 is 1.24 bits per heavy atom. The highest BCUT2D eigenvalue weighted by Crippen LogP contribution is 2.10. The van der Waals surface area contributed by atoms with Crippen LogP contribution in [0.25, 0.3) is 0 Å². The first-order valence-electron chi connectivity index (χ1n) is 8.20. The van der Waals surface area contributed by atoms with Crippen LogP contribution in [0.4, 0.5) is 8.78 Å². The Morgan fingerprint density at radius 2 is 2.00 bits per heavy atom. The van der Waals surface area contributed by atoms with E-state index in [9.17, 15) is 8.78 Å². The number of ether oxygens (including phenoxy) is 1. The number of hydrogen-bond donors (Lipinski definition) is 2. The molecule has 0 aliphatic carbocycles. The fourth-order valence-electron chi connectivity index (χ4n) is 2.09. The highest BCUT2D eigenvalue weighted by atomic mass is 127. The summed E-state index contributed by atoms with van der Waals surface area (Å²) in [6.07, 6.45) is 0.943. The number of benzene rings is 1. The van der Waals surface area contributed by atoms with E-state index >= 15 is 0 Å². The van der Waals surface area contributed by atoms with Gasteiger partial charge >= 0.3 is 0 Å². The van der Waals surface area contributed by atoms with Gasteiger partial charge in [0.25, 0.3) is 0 Å². The summed E-state index contributed by atoms with van der Waals surface area (Å²) in [5.74, 6) is -0.310. The molecule has 0 aliphatic heterocycles. The molecule has 1 rings (SSSR count). The first-order chi connectivity index (χ1) is 11.6. The van der Waals surface area contributed by atoms with Crippen molar-refractivity contribution in [1.82, 2.24) is 15.5 Å². The number of aliphatic imine (C=N–C) groups is 1. The summed E-state index contributed by atoms with van der Waals surface area (Å²) in [7, 11) is 3.74. The SMILES string of the molecule is CCNC(=NCc1cc(F)ccc1F)NCCCN(C)CCOC.I. The standard InChI is InChI=1S/C17H28F2N4O.HI/c1-4-20-17(21-8-5-9-23(2)10-11-24-3)22-13-14-12-15(18)6-7-16(14)19;/h6-7,12H,4-5,8-11,13H2,1-3H3,(H2,20,21,22);1H. The molecule has 0 saturated heterocycles. The van der Waals surface area contributed by atoms with Crippen molar-refractivity contribution in [2.45, 2.75) is 19.9 Å². The molecule has 0 aliphatic rings. The number of rotatable bonds is 10. The third kappa shape index (κ3) is 10.6. The van der Waals surface area contributed by atoms with Crippen LogP contribution >= 0.6 is 24.0 Å². The first-order valence-corrected chi connectivity index (χ1v) is 8.20. The van der Waals surface area contributed by atoms with E-state index in [1.807, 2.05) is 14.0 Å². The van der Waals surface area contributed by atoms with Gasteiger partial charge in [-0.25, -0.2) is 13.8 Å². The summed E-state index contributed by atoms with van der Waals surface area (Å²) in [4.78, 5) is 6.50. The van der Waals surface area contributed by atoms with Crippen LogP contribution in [-0.2, 0) is 11.3 Å². The van der Waals surface area contributed by atoms with Crippen molar-refractivity contribution in [1.29, 1.82) is 0 Å². The van der Waals surface area contributed by atoms with E-state index in [-0.39, 0.29) is 36.1 Å². The second kappa shape index (κ2) is 14.2. The van der Waals surface area contributed by atoms with Gasteiger partial charge in [0, 0.05) is 32.3 Å². The zero-order valence-electron chi connectivity index (χ0n) is 15.1. The molecule has 25 heavy (non-hydrogen) atoms. The third-order valence-corrected chi connectivity index (χ3v) is 3.45. The van der Waals surface area contributed by atoms with Gasteiger partial charge in [0.2, 0.25) is 0 Å². The molecule has 0 unspecified atom stereocenters. The Kier molecular flexibility index (Phi) is 13.6. The molecule has 0 heterocycles. The number of guanidine groups is 1. The molecule has 0 amide bonds. The Balaban J connectivity index is 0.00000576. The van der Waals surface area contributed by atoms with Crippen LogP contribution in [0.5, 0.6) is 0 Å². The molecule has 0 radical (unpaired) electrons. The van der Waals surface area contributed by atoms with Gasteiger partial charge in [-0.2, -0.15) is 0 Å². The van der Waals surface area contributed by atoms with Gasteiger partial charge < -0.3 is 20.3 Å². The lowest BCUT2D eigenvalue weighted by atomic mass is 10.2. The Morgan fingerprint density at radius 3 is 2.68 bits per heavy atom. The van der Waals surface area contributed by atoms with Gasteiger partial charge in [0.05, 0.1) is 13.2 Å². The normalized spacial score (nSPS) is 11.4. The fourth-order valence-corrected chi connectivity index (χ4v) is 2.09. The van der Waals surface area contributed by atoms with Crippen LogP contribution in [0, 0.1) is 11.6 Å². The van der Waals surface area contributed by atoms with E-state index < -0.39 is 11.6 Å². The van der Waals surface area contributed by atoms with Gasteiger partial charge in [0.15, 0.2) is 5.96 Å². The van der Waals surface area contributed by atoms with Crippen molar-refractivity contribution in [2.24, 2.45) is 4.99 Å². The molecule has 0 saturated carbocycles. The maximum Gasteiger partial charge on any atom is 0.191 e. The van der Waals surface area contributed by atoms with E-state index in [2.05, 4.69) is 20.5 Å². The quantitative estimate of drug-likeness (QED) is 0.239. The molecule has 0 bridgehead atoms. The largest absolute Gasteiger partial charge is 0.383 e. The van der Waals surface area contributed by atoms with E-state index in [0.717, 1.165) is 38.2 Å². The van der Waals surface area contributed by atoms with E-state index in [4.69, 9.17) is 4.74 Å². The van der Waals surface area contributed by atoms with E-state index in [0.29, 0.717) is 19.1 Å². The Labute approximate surface area is 166 Å². The topological polar surface area (TPSA) is 48.9 Å². The predicted molar refractivity (Wildman–Crippen MR) is 109 cm³/mol. The minimum atomic E-state index is -0.460. The van der Waals surface area contributed by atoms with Crippen molar-refractivity contribution in [3.05, 3.63) is 35.4 Å². The summed E-state index contributed by atoms with van der Waals surface area (Å²) in [5, 5.41) is 6.30. The van der Waals surface area contributed by atoms with Gasteiger partial charge in [-0.1, -0.05) is 0 Å². The maximum atomic E-state index is 13.6. The summed E-state index contributed by atoms with van der Waals surface area (Å²) in [6, 6.07) is 3.40. The third-order valence-electron chi connectivity index (χ3n) is 3.45. The van der Waals surface area contributed by atoms with Crippen molar-refractivity contribution in [3.63, 3.8) is 0 Å². The van der Waals surface area contributed by atoms with Gasteiger partial charge in [-0.15, -0.1) is 24.0 Å². The van der Waals surface area contributed by atoms with Gasteiger partial charge in [-0.3, -0.25) is 0 Å². The monoisotopic (exact) mass is 470 g/mol. The molecule has 144 valence electrons. The molecular formula is C17H29F2IN4O. The molecule has 5 nitrogen and oxygen atoms in total. The van der Waals surface area contributed by atoms with Gasteiger partial charge in [-0.05, 0) is 45.1 Å². The molecule has 1 aromatic rings. The lowest BCUT2D eigenvalue weighted by Gasteiger charge is -2.17. The maximum absolute atomic E-state index is 13.6. The molecule has 0 atom stereocenters. The lowest BCUT2D eigenvalue weighted by molar-refractivity contribution is 0.161. The van der Waals surface area contributed by atoms with Gasteiger partial charge in [0.1, 0.15) is 11.6 Å². The highest BCUT2D eigenvalue weighted by Gasteiger charge is 2.04. The van der Waals surface area contributed by atoms with Crippen LogP contribution in [0.1, 0.15) is 18.9 Å². The van der Waals surface area contributed by atoms with Crippen molar-refractivity contribution >= 4 is 29.9 Å². The molecule has 2 N–H and O–H groups in total. The van der Waals surface area contributed by atoms with Crippen LogP contribution in [0.2, 0.25) is 0 Å². The number of nitrogens with zero attached hydrogens (tertiary/aromatic N) is 2. The molecule has 1 aromatic carbocycles. The average Bonchev–Trinajstić information content (AvgIpc) is 2.57. The van der Waals surface area contributed by atoms with Crippen molar-refractivity contribution in [2.75, 3.05) is 46.9 Å².